The minimum absolute atomic E-state index is 0.162. The highest BCUT2D eigenvalue weighted by Crippen LogP contribution is 2.22. The van der Waals surface area contributed by atoms with Crippen molar-refractivity contribution in [2.75, 3.05) is 19.6 Å². The van der Waals surface area contributed by atoms with Crippen LogP contribution in [0.25, 0.3) is 0 Å². The number of hydrogen-bond donors (Lipinski definition) is 2. The molecule has 1 unspecified atom stereocenters. The van der Waals surface area contributed by atoms with E-state index in [9.17, 15) is 14.4 Å². The highest BCUT2D eigenvalue weighted by Gasteiger charge is 2.31. The van der Waals surface area contributed by atoms with Gasteiger partial charge in [0, 0.05) is 13.1 Å². The van der Waals surface area contributed by atoms with Crippen molar-refractivity contribution in [3.8, 4) is 0 Å². The Balaban J connectivity index is 3.03. The van der Waals surface area contributed by atoms with Crippen LogP contribution in [0.1, 0.15) is 64.1 Å². The second-order valence-corrected chi connectivity index (χ2v) is 8.50. The van der Waals surface area contributed by atoms with Crippen LogP contribution in [0.5, 0.6) is 0 Å². The van der Waals surface area contributed by atoms with Gasteiger partial charge in [0.25, 0.3) is 0 Å². The largest absolute Gasteiger partial charge is 0.444 e. The molecule has 1 aromatic carbocycles. The molecule has 2 N–H and O–H groups in total. The minimum atomic E-state index is -0.826. The topological polar surface area (TPSA) is 87.7 Å². The SMILES string of the molecule is C=CCN(C(=O)CNC(=O)OC(C)(C)C)C(C(=O)NCCCCC)c1ccc(C)cc1. The number of carbonyl (C=O) groups excluding carboxylic acids is 3. The molecule has 3 amide bonds. The molecule has 31 heavy (non-hydrogen) atoms. The van der Waals surface area contributed by atoms with Gasteiger partial charge in [0.15, 0.2) is 0 Å². The average molecular weight is 432 g/mol. The third kappa shape index (κ3) is 9.68. The van der Waals surface area contributed by atoms with Crippen LogP contribution in [0, 0.1) is 6.92 Å². The predicted octanol–water partition coefficient (Wildman–Crippen LogP) is 3.88. The molecule has 7 heteroatoms. The van der Waals surface area contributed by atoms with Gasteiger partial charge >= 0.3 is 6.09 Å². The van der Waals surface area contributed by atoms with Gasteiger partial charge in [0.2, 0.25) is 11.8 Å². The summed E-state index contributed by atoms with van der Waals surface area (Å²) in [6, 6.07) is 6.67. The van der Waals surface area contributed by atoms with Crippen molar-refractivity contribution in [2.45, 2.75) is 65.5 Å². The lowest BCUT2D eigenvalue weighted by Gasteiger charge is -2.31. The summed E-state index contributed by atoms with van der Waals surface area (Å²) in [7, 11) is 0. The molecule has 172 valence electrons. The van der Waals surface area contributed by atoms with Gasteiger partial charge in [0.05, 0.1) is 0 Å². The van der Waals surface area contributed by atoms with Crippen LogP contribution in [-0.2, 0) is 14.3 Å². The second-order valence-electron chi connectivity index (χ2n) is 8.50. The molecule has 0 saturated carbocycles. The van der Waals surface area contributed by atoms with E-state index in [-0.39, 0.29) is 19.0 Å². The van der Waals surface area contributed by atoms with Crippen LogP contribution < -0.4 is 10.6 Å². The number of ether oxygens (including phenoxy) is 1. The van der Waals surface area contributed by atoms with Crippen LogP contribution in [0.15, 0.2) is 36.9 Å². The number of amides is 3. The van der Waals surface area contributed by atoms with Gasteiger partial charge in [-0.3, -0.25) is 9.59 Å². The van der Waals surface area contributed by atoms with E-state index in [0.717, 1.165) is 24.8 Å². The quantitative estimate of drug-likeness (QED) is 0.411. The Morgan fingerprint density at radius 3 is 2.32 bits per heavy atom. The molecule has 0 aliphatic rings. The predicted molar refractivity (Wildman–Crippen MR) is 123 cm³/mol. The molecular weight excluding hydrogens is 394 g/mol. The van der Waals surface area contributed by atoms with E-state index in [1.807, 2.05) is 31.2 Å². The van der Waals surface area contributed by atoms with E-state index in [1.165, 1.54) is 4.90 Å². The Labute approximate surface area is 186 Å². The third-order valence-electron chi connectivity index (χ3n) is 4.46. The number of nitrogens with zero attached hydrogens (tertiary/aromatic N) is 1. The second kappa shape index (κ2) is 12.8. The fourth-order valence-corrected chi connectivity index (χ4v) is 2.96. The Morgan fingerprint density at radius 2 is 1.77 bits per heavy atom. The summed E-state index contributed by atoms with van der Waals surface area (Å²) in [6.45, 7) is 13.4. The average Bonchev–Trinajstić information content (AvgIpc) is 2.69. The molecule has 0 aliphatic heterocycles. The lowest BCUT2D eigenvalue weighted by molar-refractivity contribution is -0.139. The molecule has 7 nitrogen and oxygen atoms in total. The van der Waals surface area contributed by atoms with Gasteiger partial charge in [-0.1, -0.05) is 55.7 Å². The van der Waals surface area contributed by atoms with E-state index < -0.39 is 23.6 Å². The van der Waals surface area contributed by atoms with E-state index >= 15 is 0 Å². The van der Waals surface area contributed by atoms with Crippen LogP contribution in [-0.4, -0.2) is 48.0 Å². The van der Waals surface area contributed by atoms with Gasteiger partial charge < -0.3 is 20.3 Å². The van der Waals surface area contributed by atoms with Crippen LogP contribution in [0.2, 0.25) is 0 Å². The first-order valence-corrected chi connectivity index (χ1v) is 10.8. The molecule has 1 aromatic rings. The molecule has 1 atom stereocenters. The lowest BCUT2D eigenvalue weighted by Crippen LogP contribution is -2.48. The van der Waals surface area contributed by atoms with Crippen molar-refractivity contribution in [2.24, 2.45) is 0 Å². The molecular formula is C24H37N3O4. The summed E-state index contributed by atoms with van der Waals surface area (Å²) in [5.74, 6) is -0.660. The van der Waals surface area contributed by atoms with Gasteiger partial charge in [-0.05, 0) is 39.7 Å². The summed E-state index contributed by atoms with van der Waals surface area (Å²) in [5.41, 5.74) is 1.08. The molecule has 0 heterocycles. The van der Waals surface area contributed by atoms with Gasteiger partial charge in [0.1, 0.15) is 18.2 Å². The number of rotatable bonds is 11. The maximum absolute atomic E-state index is 13.1. The highest BCUT2D eigenvalue weighted by molar-refractivity contribution is 5.90. The van der Waals surface area contributed by atoms with Crippen molar-refractivity contribution in [1.29, 1.82) is 0 Å². The summed E-state index contributed by atoms with van der Waals surface area (Å²) >= 11 is 0. The zero-order chi connectivity index (χ0) is 23.4. The maximum Gasteiger partial charge on any atom is 0.408 e. The first-order chi connectivity index (χ1) is 14.6. The van der Waals surface area contributed by atoms with Crippen molar-refractivity contribution in [1.82, 2.24) is 15.5 Å². The Hall–Kier alpha value is -2.83. The van der Waals surface area contributed by atoms with Crippen molar-refractivity contribution in [3.63, 3.8) is 0 Å². The van der Waals surface area contributed by atoms with E-state index in [2.05, 4.69) is 24.1 Å². The standard InChI is InChI=1S/C24H37N3O4/c1-7-9-10-15-25-22(29)21(19-13-11-18(3)12-14-19)27(16-8-2)20(28)17-26-23(30)31-24(4,5)6/h8,11-14,21H,2,7,9-10,15-17H2,1,3-6H3,(H,25,29)(H,26,30). The smallest absolute Gasteiger partial charge is 0.408 e. The van der Waals surface area contributed by atoms with Crippen LogP contribution in [0.3, 0.4) is 0 Å². The fraction of sp³-hybridized carbons (Fsp3) is 0.542. The maximum atomic E-state index is 13.1. The molecule has 0 radical (unpaired) electrons. The zero-order valence-electron chi connectivity index (χ0n) is 19.5. The van der Waals surface area contributed by atoms with Crippen molar-refractivity contribution < 1.29 is 19.1 Å². The number of carbonyl (C=O) groups is 3. The number of alkyl carbamates (subject to hydrolysis) is 1. The van der Waals surface area contributed by atoms with Crippen molar-refractivity contribution in [3.05, 3.63) is 48.0 Å². The number of nitrogens with one attached hydrogen (secondary N) is 2. The zero-order valence-corrected chi connectivity index (χ0v) is 19.5. The normalized spacial score (nSPS) is 11.9. The Kier molecular flexibility index (Phi) is 10.8. The summed E-state index contributed by atoms with van der Waals surface area (Å²) in [4.78, 5) is 39.5. The number of hydrogen-bond acceptors (Lipinski definition) is 4. The van der Waals surface area contributed by atoms with Gasteiger partial charge in [-0.2, -0.15) is 0 Å². The molecule has 0 saturated heterocycles. The van der Waals surface area contributed by atoms with E-state index in [0.29, 0.717) is 12.1 Å². The van der Waals surface area contributed by atoms with Crippen molar-refractivity contribution >= 4 is 17.9 Å². The van der Waals surface area contributed by atoms with Crippen LogP contribution >= 0.6 is 0 Å². The molecule has 0 fully saturated rings. The molecule has 0 spiro atoms. The third-order valence-corrected chi connectivity index (χ3v) is 4.46. The number of benzene rings is 1. The van der Waals surface area contributed by atoms with Crippen LogP contribution in [0.4, 0.5) is 4.79 Å². The lowest BCUT2D eigenvalue weighted by atomic mass is 10.0. The Morgan fingerprint density at radius 1 is 1.13 bits per heavy atom. The monoisotopic (exact) mass is 431 g/mol. The molecule has 0 aliphatic carbocycles. The highest BCUT2D eigenvalue weighted by atomic mass is 16.6. The van der Waals surface area contributed by atoms with Gasteiger partial charge in [-0.15, -0.1) is 6.58 Å². The number of unbranched alkanes of at least 4 members (excludes halogenated alkanes) is 2. The van der Waals surface area contributed by atoms with E-state index in [1.54, 1.807) is 26.8 Å². The fourth-order valence-electron chi connectivity index (χ4n) is 2.96. The summed E-state index contributed by atoms with van der Waals surface area (Å²) in [6.07, 6.45) is 3.82. The summed E-state index contributed by atoms with van der Waals surface area (Å²) < 4.78 is 5.19. The first kappa shape index (κ1) is 26.2. The first-order valence-electron chi connectivity index (χ1n) is 10.8. The van der Waals surface area contributed by atoms with Gasteiger partial charge in [-0.25, -0.2) is 4.79 Å². The van der Waals surface area contributed by atoms with E-state index in [4.69, 9.17) is 4.74 Å². The Bertz CT molecular complexity index is 738. The number of aryl methyl sites for hydroxylation is 1. The molecule has 0 bridgehead atoms. The summed E-state index contributed by atoms with van der Waals surface area (Å²) in [5, 5.41) is 5.41. The minimum Gasteiger partial charge on any atom is -0.444 e. The molecule has 1 rings (SSSR count). The molecule has 0 aromatic heterocycles.